The lowest BCUT2D eigenvalue weighted by atomic mass is 9.56. The van der Waals surface area contributed by atoms with Gasteiger partial charge in [0.15, 0.2) is 0 Å². The zero-order chi connectivity index (χ0) is 15.3. The van der Waals surface area contributed by atoms with E-state index in [1.807, 2.05) is 12.1 Å². The van der Waals surface area contributed by atoms with E-state index < -0.39 is 0 Å². The molecular formula is C19H25NO2. The summed E-state index contributed by atoms with van der Waals surface area (Å²) in [6, 6.07) is 6.01. The van der Waals surface area contributed by atoms with Crippen LogP contribution in [0.2, 0.25) is 0 Å². The maximum atomic E-state index is 9.74. The monoisotopic (exact) mass is 299 g/mol. The zero-order valence-corrected chi connectivity index (χ0v) is 13.5. The first-order valence-corrected chi connectivity index (χ1v) is 8.51. The highest BCUT2D eigenvalue weighted by Crippen LogP contribution is 2.60. The van der Waals surface area contributed by atoms with E-state index in [0.717, 1.165) is 31.1 Å². The number of hydrogen-bond donors (Lipinski definition) is 1. The van der Waals surface area contributed by atoms with Crippen LogP contribution in [0.15, 0.2) is 23.4 Å². The van der Waals surface area contributed by atoms with Crippen molar-refractivity contribution in [1.82, 2.24) is 0 Å². The summed E-state index contributed by atoms with van der Waals surface area (Å²) >= 11 is 0. The highest BCUT2D eigenvalue weighted by molar-refractivity contribution is 5.87. The standard InChI is InChI=1S/C19H25NO2/c1-19-8-7-16-15-6-4-14(21)9-12(15)3-5-17(16)18(19)10-13(11-19)20-22-2/h4,6,9,16-18,21H,3,5,7-8,10-11H2,1-2H3/b20-13-/t16-,17-,18+,19-/m1/s1. The zero-order valence-electron chi connectivity index (χ0n) is 13.5. The SMILES string of the molecule is CO/N=C1/C[C@H]2[C@@H]3CCc4cc(O)ccc4[C@H]3CC[C@]2(C)C1. The van der Waals surface area contributed by atoms with Crippen LogP contribution in [-0.4, -0.2) is 17.9 Å². The quantitative estimate of drug-likeness (QED) is 0.788. The van der Waals surface area contributed by atoms with Crippen LogP contribution in [0.25, 0.3) is 0 Å². The Hall–Kier alpha value is -1.51. The number of fused-ring (bicyclic) bond motifs is 5. The third kappa shape index (κ3) is 2.05. The van der Waals surface area contributed by atoms with Crippen molar-refractivity contribution in [2.75, 3.05) is 7.11 Å². The van der Waals surface area contributed by atoms with Crippen molar-refractivity contribution in [3.63, 3.8) is 0 Å². The van der Waals surface area contributed by atoms with Crippen LogP contribution < -0.4 is 0 Å². The van der Waals surface area contributed by atoms with Crippen molar-refractivity contribution in [2.24, 2.45) is 22.4 Å². The molecule has 0 radical (unpaired) electrons. The van der Waals surface area contributed by atoms with E-state index in [0.29, 0.717) is 17.1 Å². The molecular weight excluding hydrogens is 274 g/mol. The molecule has 0 saturated heterocycles. The summed E-state index contributed by atoms with van der Waals surface area (Å²) in [5.41, 5.74) is 4.53. The molecule has 1 aromatic carbocycles. The fourth-order valence-corrected chi connectivity index (χ4v) is 5.57. The van der Waals surface area contributed by atoms with Crippen molar-refractivity contribution in [2.45, 2.75) is 51.4 Å². The van der Waals surface area contributed by atoms with Gasteiger partial charge in [0.05, 0.1) is 5.71 Å². The van der Waals surface area contributed by atoms with Gasteiger partial charge < -0.3 is 9.94 Å². The molecule has 3 nitrogen and oxygen atoms in total. The first kappa shape index (κ1) is 14.1. The van der Waals surface area contributed by atoms with Gasteiger partial charge in [-0.25, -0.2) is 0 Å². The van der Waals surface area contributed by atoms with Crippen molar-refractivity contribution in [3.05, 3.63) is 29.3 Å². The molecule has 0 heterocycles. The molecule has 1 N–H and O–H groups in total. The molecule has 0 aromatic heterocycles. The second kappa shape index (κ2) is 5.00. The molecule has 22 heavy (non-hydrogen) atoms. The number of aryl methyl sites for hydroxylation is 1. The number of phenolic OH excluding ortho intramolecular Hbond substituents is 1. The first-order valence-electron chi connectivity index (χ1n) is 8.51. The van der Waals surface area contributed by atoms with Crippen LogP contribution in [0.3, 0.4) is 0 Å². The average molecular weight is 299 g/mol. The molecule has 0 amide bonds. The first-order chi connectivity index (χ1) is 10.6. The van der Waals surface area contributed by atoms with E-state index in [4.69, 9.17) is 4.84 Å². The summed E-state index contributed by atoms with van der Waals surface area (Å²) in [5, 5.41) is 14.0. The predicted molar refractivity (Wildman–Crippen MR) is 87.2 cm³/mol. The molecule has 0 spiro atoms. The number of nitrogens with zero attached hydrogens (tertiary/aromatic N) is 1. The Morgan fingerprint density at radius 1 is 1.32 bits per heavy atom. The van der Waals surface area contributed by atoms with E-state index in [2.05, 4.69) is 18.1 Å². The van der Waals surface area contributed by atoms with Gasteiger partial charge in [-0.15, -0.1) is 0 Å². The number of hydrogen-bond acceptors (Lipinski definition) is 3. The van der Waals surface area contributed by atoms with E-state index in [1.165, 1.54) is 36.1 Å². The van der Waals surface area contributed by atoms with Gasteiger partial charge >= 0.3 is 0 Å². The van der Waals surface area contributed by atoms with Crippen LogP contribution in [0, 0.1) is 17.3 Å². The summed E-state index contributed by atoms with van der Waals surface area (Å²) in [6.07, 6.45) is 7.13. The maximum Gasteiger partial charge on any atom is 0.115 e. The lowest BCUT2D eigenvalue weighted by Gasteiger charge is -2.48. The van der Waals surface area contributed by atoms with Gasteiger partial charge in [0.2, 0.25) is 0 Å². The van der Waals surface area contributed by atoms with Crippen LogP contribution >= 0.6 is 0 Å². The highest BCUT2D eigenvalue weighted by Gasteiger charge is 2.52. The topological polar surface area (TPSA) is 41.8 Å². The van der Waals surface area contributed by atoms with Gasteiger partial charge in [-0.2, -0.15) is 0 Å². The largest absolute Gasteiger partial charge is 0.508 e. The average Bonchev–Trinajstić information content (AvgIpc) is 2.83. The molecule has 2 fully saturated rings. The van der Waals surface area contributed by atoms with Gasteiger partial charge in [0.1, 0.15) is 12.9 Å². The highest BCUT2D eigenvalue weighted by atomic mass is 16.6. The van der Waals surface area contributed by atoms with Crippen molar-refractivity contribution in [3.8, 4) is 5.75 Å². The van der Waals surface area contributed by atoms with E-state index in [9.17, 15) is 5.11 Å². The predicted octanol–water partition coefficient (Wildman–Crippen LogP) is 4.25. The lowest BCUT2D eigenvalue weighted by molar-refractivity contribution is 0.0599. The van der Waals surface area contributed by atoms with Gasteiger partial charge in [0, 0.05) is 0 Å². The number of benzene rings is 1. The Bertz CT molecular complexity index is 624. The Balaban J connectivity index is 1.67. The van der Waals surface area contributed by atoms with Crippen LogP contribution in [0.1, 0.15) is 56.1 Å². The minimum atomic E-state index is 0.410. The molecule has 0 bridgehead atoms. The lowest BCUT2D eigenvalue weighted by Crippen LogP contribution is -2.39. The second-order valence-electron chi connectivity index (χ2n) is 7.71. The third-order valence-corrected chi connectivity index (χ3v) is 6.51. The molecule has 4 rings (SSSR count). The summed E-state index contributed by atoms with van der Waals surface area (Å²) in [5.74, 6) is 2.58. The summed E-state index contributed by atoms with van der Waals surface area (Å²) in [7, 11) is 1.66. The Labute approximate surface area is 132 Å². The van der Waals surface area contributed by atoms with E-state index >= 15 is 0 Å². The smallest absolute Gasteiger partial charge is 0.115 e. The molecule has 3 aliphatic rings. The molecule has 118 valence electrons. The minimum Gasteiger partial charge on any atom is -0.508 e. The molecule has 3 aliphatic carbocycles. The molecule has 4 atom stereocenters. The van der Waals surface area contributed by atoms with Crippen LogP contribution in [0.5, 0.6) is 5.75 Å². The molecule has 3 heteroatoms. The van der Waals surface area contributed by atoms with Gasteiger partial charge in [-0.3, -0.25) is 0 Å². The Morgan fingerprint density at radius 2 is 2.18 bits per heavy atom. The summed E-state index contributed by atoms with van der Waals surface area (Å²) in [6.45, 7) is 2.46. The van der Waals surface area contributed by atoms with Crippen molar-refractivity contribution >= 4 is 5.71 Å². The number of oxime groups is 1. The molecule has 0 aliphatic heterocycles. The number of phenols is 1. The number of aromatic hydroxyl groups is 1. The van der Waals surface area contributed by atoms with Gasteiger partial charge in [0.25, 0.3) is 0 Å². The van der Waals surface area contributed by atoms with Crippen molar-refractivity contribution in [1.29, 1.82) is 0 Å². The fraction of sp³-hybridized carbons (Fsp3) is 0.632. The van der Waals surface area contributed by atoms with Crippen molar-refractivity contribution < 1.29 is 9.94 Å². The molecule has 1 aromatic rings. The maximum absolute atomic E-state index is 9.74. The summed E-state index contributed by atoms with van der Waals surface area (Å²) in [4.78, 5) is 5.04. The summed E-state index contributed by atoms with van der Waals surface area (Å²) < 4.78 is 0. The Kier molecular flexibility index (Phi) is 3.21. The normalized spacial score (nSPS) is 38.3. The second-order valence-corrected chi connectivity index (χ2v) is 7.71. The van der Waals surface area contributed by atoms with Gasteiger partial charge in [-0.1, -0.05) is 18.1 Å². The fourth-order valence-electron chi connectivity index (χ4n) is 5.57. The van der Waals surface area contributed by atoms with Gasteiger partial charge in [-0.05, 0) is 85.0 Å². The molecule has 2 saturated carbocycles. The minimum absolute atomic E-state index is 0.410. The third-order valence-electron chi connectivity index (χ3n) is 6.51. The Morgan fingerprint density at radius 3 is 3.00 bits per heavy atom. The van der Waals surface area contributed by atoms with E-state index in [1.54, 1.807) is 7.11 Å². The van der Waals surface area contributed by atoms with Crippen LogP contribution in [-0.2, 0) is 11.3 Å². The number of rotatable bonds is 1. The van der Waals surface area contributed by atoms with E-state index in [-0.39, 0.29) is 0 Å². The van der Waals surface area contributed by atoms with Crippen LogP contribution in [0.4, 0.5) is 0 Å². The molecule has 0 unspecified atom stereocenters.